The third-order valence-corrected chi connectivity index (χ3v) is 5.72. The minimum Gasteiger partial charge on any atom is -0.435 e. The summed E-state index contributed by atoms with van der Waals surface area (Å²) in [5.41, 5.74) is 2.20. The van der Waals surface area contributed by atoms with Gasteiger partial charge >= 0.3 is 12.8 Å². The van der Waals surface area contributed by atoms with Gasteiger partial charge in [-0.05, 0) is 55.2 Å². The molecular weight excluding hydrogens is 479 g/mol. The largest absolute Gasteiger partial charge is 0.435 e. The number of nitrogens with zero attached hydrogens (tertiary/aromatic N) is 1. The lowest BCUT2D eigenvalue weighted by Crippen LogP contribution is -2.40. The number of rotatable bonds is 10. The zero-order valence-corrected chi connectivity index (χ0v) is 19.9. The van der Waals surface area contributed by atoms with Crippen LogP contribution in [-0.4, -0.2) is 26.1 Å². The van der Waals surface area contributed by atoms with Gasteiger partial charge in [0, 0.05) is 25.3 Å². The average molecular weight is 507 g/mol. The predicted octanol–water partition coefficient (Wildman–Crippen LogP) is 6.54. The number of hydrogen-bond acceptors (Lipinski definition) is 3. The first-order valence-electron chi connectivity index (χ1n) is 11.3. The Balaban J connectivity index is 1.90. The minimum absolute atomic E-state index is 0.0465. The number of alkyl halides is 5. The van der Waals surface area contributed by atoms with Crippen molar-refractivity contribution in [1.82, 2.24) is 5.32 Å². The van der Waals surface area contributed by atoms with Gasteiger partial charge < -0.3 is 15.0 Å². The smallest absolute Gasteiger partial charge is 0.416 e. The Morgan fingerprint density at radius 3 is 2.25 bits per heavy atom. The lowest BCUT2D eigenvalue weighted by Gasteiger charge is -2.33. The lowest BCUT2D eigenvalue weighted by atomic mass is 10.0. The van der Waals surface area contributed by atoms with Gasteiger partial charge in [-0.3, -0.25) is 4.79 Å². The molecule has 9 heteroatoms. The maximum atomic E-state index is 13.0. The van der Waals surface area contributed by atoms with Crippen LogP contribution >= 0.6 is 0 Å². The van der Waals surface area contributed by atoms with E-state index in [9.17, 15) is 26.7 Å². The third kappa shape index (κ3) is 7.19. The van der Waals surface area contributed by atoms with Crippen LogP contribution in [0, 0.1) is 6.92 Å². The summed E-state index contributed by atoms with van der Waals surface area (Å²) in [6.07, 6.45) is -3.46. The second-order valence-electron chi connectivity index (χ2n) is 8.29. The van der Waals surface area contributed by atoms with E-state index in [0.717, 1.165) is 17.7 Å². The molecular formula is C27H27F5N2O2. The van der Waals surface area contributed by atoms with E-state index in [1.807, 2.05) is 31.2 Å². The number of carbonyl (C=O) groups is 1. The topological polar surface area (TPSA) is 41.6 Å². The Kier molecular flexibility index (Phi) is 8.90. The standard InChI is InChI=1S/C27H27F5N2O2/c1-18-8-12-20(13-9-18)24(25(35)33-2)34(22-6-3-7-23(17-22)36-26(28)29)16-4-5-19-10-14-21(15-11-19)27(30,31)32/h3,6-15,17,24,26H,4-5,16H2,1-2H3,(H,33,35). The zero-order valence-electron chi connectivity index (χ0n) is 19.9. The molecule has 0 aromatic heterocycles. The van der Waals surface area contributed by atoms with E-state index >= 15 is 0 Å². The molecule has 3 aromatic carbocycles. The van der Waals surface area contributed by atoms with Crippen molar-refractivity contribution in [3.63, 3.8) is 0 Å². The second kappa shape index (κ2) is 11.9. The van der Waals surface area contributed by atoms with Gasteiger partial charge in [0.1, 0.15) is 11.8 Å². The number of halogens is 5. The molecule has 1 N–H and O–H groups in total. The average Bonchev–Trinajstić information content (AvgIpc) is 2.83. The van der Waals surface area contributed by atoms with Crippen molar-refractivity contribution in [2.75, 3.05) is 18.5 Å². The third-order valence-electron chi connectivity index (χ3n) is 5.72. The van der Waals surface area contributed by atoms with Crippen LogP contribution in [0.2, 0.25) is 0 Å². The number of hydrogen-bond donors (Lipinski definition) is 1. The van der Waals surface area contributed by atoms with E-state index in [2.05, 4.69) is 10.1 Å². The van der Waals surface area contributed by atoms with Gasteiger partial charge in [-0.15, -0.1) is 0 Å². The SMILES string of the molecule is CNC(=O)C(c1ccc(C)cc1)N(CCCc1ccc(C(F)(F)F)cc1)c1cccc(OC(F)F)c1. The van der Waals surface area contributed by atoms with Crippen molar-refractivity contribution in [1.29, 1.82) is 0 Å². The Labute approximate surface area is 206 Å². The van der Waals surface area contributed by atoms with Crippen LogP contribution in [-0.2, 0) is 17.4 Å². The summed E-state index contributed by atoms with van der Waals surface area (Å²) in [5.74, 6) is -0.344. The number of nitrogens with one attached hydrogen (secondary N) is 1. The van der Waals surface area contributed by atoms with Gasteiger partial charge in [0.2, 0.25) is 5.91 Å². The van der Waals surface area contributed by atoms with E-state index in [1.54, 1.807) is 17.0 Å². The molecule has 0 spiro atoms. The molecule has 192 valence electrons. The first-order chi connectivity index (χ1) is 17.1. The van der Waals surface area contributed by atoms with Crippen LogP contribution in [0.15, 0.2) is 72.8 Å². The van der Waals surface area contributed by atoms with Crippen molar-refractivity contribution < 1.29 is 31.5 Å². The molecule has 0 bridgehead atoms. The molecule has 3 rings (SSSR count). The molecule has 0 aliphatic heterocycles. The Morgan fingerprint density at radius 1 is 1.00 bits per heavy atom. The van der Waals surface area contributed by atoms with Crippen molar-refractivity contribution in [2.45, 2.75) is 38.6 Å². The maximum Gasteiger partial charge on any atom is 0.416 e. The van der Waals surface area contributed by atoms with E-state index in [-0.39, 0.29) is 11.7 Å². The fourth-order valence-corrected chi connectivity index (χ4v) is 3.92. The van der Waals surface area contributed by atoms with Gasteiger partial charge in [0.05, 0.1) is 5.56 Å². The first-order valence-corrected chi connectivity index (χ1v) is 11.3. The summed E-state index contributed by atoms with van der Waals surface area (Å²) in [4.78, 5) is 14.8. The normalized spacial score (nSPS) is 12.3. The van der Waals surface area contributed by atoms with Crippen LogP contribution < -0.4 is 15.0 Å². The highest BCUT2D eigenvalue weighted by Gasteiger charge is 2.30. The van der Waals surface area contributed by atoms with Crippen LogP contribution in [0.1, 0.15) is 34.7 Å². The van der Waals surface area contributed by atoms with Gasteiger partial charge in [-0.25, -0.2) is 0 Å². The maximum absolute atomic E-state index is 13.0. The van der Waals surface area contributed by atoms with Crippen molar-refractivity contribution in [2.24, 2.45) is 0 Å². The molecule has 1 atom stereocenters. The fraction of sp³-hybridized carbons (Fsp3) is 0.296. The molecule has 3 aromatic rings. The Bertz CT molecular complexity index is 1130. The van der Waals surface area contributed by atoms with E-state index in [0.29, 0.717) is 36.2 Å². The number of anilines is 1. The highest BCUT2D eigenvalue weighted by molar-refractivity contribution is 5.86. The fourth-order valence-electron chi connectivity index (χ4n) is 3.92. The zero-order chi connectivity index (χ0) is 26.3. The van der Waals surface area contributed by atoms with E-state index < -0.39 is 24.4 Å². The monoisotopic (exact) mass is 506 g/mol. The quantitative estimate of drug-likeness (QED) is 0.318. The van der Waals surface area contributed by atoms with Crippen molar-refractivity contribution in [3.8, 4) is 5.75 Å². The summed E-state index contributed by atoms with van der Waals surface area (Å²) in [6.45, 7) is -0.753. The van der Waals surface area contributed by atoms with Crippen LogP contribution in [0.5, 0.6) is 5.75 Å². The Hall–Kier alpha value is -3.62. The second-order valence-corrected chi connectivity index (χ2v) is 8.29. The molecule has 0 radical (unpaired) electrons. The summed E-state index contributed by atoms with van der Waals surface area (Å²) in [7, 11) is 1.51. The molecule has 4 nitrogen and oxygen atoms in total. The number of aryl methyl sites for hydroxylation is 2. The minimum atomic E-state index is -4.41. The summed E-state index contributed by atoms with van der Waals surface area (Å²) < 4.78 is 68.8. The molecule has 0 aliphatic carbocycles. The van der Waals surface area contributed by atoms with Gasteiger partial charge in [-0.1, -0.05) is 48.0 Å². The van der Waals surface area contributed by atoms with E-state index in [4.69, 9.17) is 0 Å². The van der Waals surface area contributed by atoms with Crippen molar-refractivity contribution in [3.05, 3.63) is 95.1 Å². The molecule has 0 saturated carbocycles. The van der Waals surface area contributed by atoms with Crippen LogP contribution in [0.25, 0.3) is 0 Å². The summed E-state index contributed by atoms with van der Waals surface area (Å²) in [6, 6.07) is 17.7. The summed E-state index contributed by atoms with van der Waals surface area (Å²) >= 11 is 0. The lowest BCUT2D eigenvalue weighted by molar-refractivity contribution is -0.137. The molecule has 0 saturated heterocycles. The number of carbonyl (C=O) groups excluding carboxylic acids is 1. The highest BCUT2D eigenvalue weighted by atomic mass is 19.4. The number of amides is 1. The van der Waals surface area contributed by atoms with Crippen LogP contribution in [0.4, 0.5) is 27.6 Å². The predicted molar refractivity (Wildman–Crippen MR) is 128 cm³/mol. The highest BCUT2D eigenvalue weighted by Crippen LogP contribution is 2.32. The van der Waals surface area contributed by atoms with Crippen molar-refractivity contribution >= 4 is 11.6 Å². The molecule has 0 fully saturated rings. The number of benzene rings is 3. The van der Waals surface area contributed by atoms with Gasteiger partial charge in [-0.2, -0.15) is 22.0 Å². The van der Waals surface area contributed by atoms with E-state index in [1.165, 1.54) is 31.3 Å². The van der Waals surface area contributed by atoms with Gasteiger partial charge in [0.25, 0.3) is 0 Å². The molecule has 36 heavy (non-hydrogen) atoms. The van der Waals surface area contributed by atoms with Crippen LogP contribution in [0.3, 0.4) is 0 Å². The number of ether oxygens (including phenoxy) is 1. The summed E-state index contributed by atoms with van der Waals surface area (Å²) in [5, 5.41) is 2.67. The number of likely N-dealkylation sites (N-methyl/N-ethyl adjacent to an activating group) is 1. The molecule has 1 unspecified atom stereocenters. The molecule has 0 aliphatic rings. The first kappa shape index (κ1) is 27.0. The van der Waals surface area contributed by atoms with Gasteiger partial charge in [0.15, 0.2) is 0 Å². The Morgan fingerprint density at radius 2 is 1.67 bits per heavy atom. The molecule has 0 heterocycles. The molecule has 1 amide bonds.